The van der Waals surface area contributed by atoms with Gasteiger partial charge in [-0.15, -0.1) is 0 Å². The van der Waals surface area contributed by atoms with Crippen molar-refractivity contribution in [3.63, 3.8) is 0 Å². The lowest BCUT2D eigenvalue weighted by Gasteiger charge is -1.97. The van der Waals surface area contributed by atoms with Crippen LogP contribution in [0.25, 0.3) is 0 Å². The van der Waals surface area contributed by atoms with Crippen LogP contribution < -0.4 is 10.6 Å². The Morgan fingerprint density at radius 2 is 2.33 bits per heavy atom. The van der Waals surface area contributed by atoms with E-state index in [9.17, 15) is 4.79 Å². The fourth-order valence-electron chi connectivity index (χ4n) is 0.665. The van der Waals surface area contributed by atoms with Crippen LogP contribution in [0.2, 0.25) is 0 Å². The van der Waals surface area contributed by atoms with E-state index in [-0.39, 0.29) is 5.91 Å². The molecule has 0 saturated carbocycles. The third kappa shape index (κ3) is 1.02. The molecule has 1 amide bonds. The third-order valence-electron chi connectivity index (χ3n) is 1.09. The number of hydrogen-bond donors (Lipinski definition) is 3. The Morgan fingerprint density at radius 1 is 1.67 bits per heavy atom. The molecule has 1 aliphatic heterocycles. The summed E-state index contributed by atoms with van der Waals surface area (Å²) in [5, 5.41) is 13.5. The highest BCUT2D eigenvalue weighted by Crippen LogP contribution is 1.96. The van der Waals surface area contributed by atoms with Crippen molar-refractivity contribution < 1.29 is 9.90 Å². The predicted molar refractivity (Wildman–Crippen MR) is 31.0 cm³/mol. The highest BCUT2D eigenvalue weighted by atomic mass is 16.3. The van der Waals surface area contributed by atoms with E-state index in [1.807, 2.05) is 0 Å². The fourth-order valence-corrected chi connectivity index (χ4v) is 0.665. The minimum Gasteiger partial charge on any atom is -0.356 e. The van der Waals surface area contributed by atoms with Gasteiger partial charge in [-0.05, 0) is 6.92 Å². The first-order valence-electron chi connectivity index (χ1n) is 2.66. The van der Waals surface area contributed by atoms with Gasteiger partial charge in [0.1, 0.15) is 0 Å². The summed E-state index contributed by atoms with van der Waals surface area (Å²) in [6.45, 7) is 1.72. The van der Waals surface area contributed by atoms with Crippen molar-refractivity contribution in [2.75, 3.05) is 0 Å². The van der Waals surface area contributed by atoms with Crippen LogP contribution >= 0.6 is 0 Å². The summed E-state index contributed by atoms with van der Waals surface area (Å²) in [5.41, 5.74) is 0.419. The van der Waals surface area contributed by atoms with Crippen molar-refractivity contribution >= 4 is 5.91 Å². The zero-order valence-electron chi connectivity index (χ0n) is 5.01. The summed E-state index contributed by atoms with van der Waals surface area (Å²) >= 11 is 0. The van der Waals surface area contributed by atoms with Crippen LogP contribution in [0.3, 0.4) is 0 Å². The first-order chi connectivity index (χ1) is 4.24. The zero-order valence-corrected chi connectivity index (χ0v) is 5.01. The van der Waals surface area contributed by atoms with Crippen molar-refractivity contribution in [1.82, 2.24) is 10.6 Å². The van der Waals surface area contributed by atoms with E-state index in [0.29, 0.717) is 5.70 Å². The lowest BCUT2D eigenvalue weighted by molar-refractivity contribution is -0.117. The van der Waals surface area contributed by atoms with Crippen LogP contribution in [0.4, 0.5) is 0 Å². The second-order valence-electron chi connectivity index (χ2n) is 1.72. The van der Waals surface area contributed by atoms with Crippen LogP contribution in [0.1, 0.15) is 6.92 Å². The lowest BCUT2D eigenvalue weighted by atomic mass is 10.4. The molecule has 0 bridgehead atoms. The Kier molecular flexibility index (Phi) is 1.40. The Labute approximate surface area is 52.6 Å². The van der Waals surface area contributed by atoms with Gasteiger partial charge in [0.15, 0.2) is 0 Å². The van der Waals surface area contributed by atoms with E-state index in [0.717, 1.165) is 0 Å². The van der Waals surface area contributed by atoms with Gasteiger partial charge in [0.2, 0.25) is 6.35 Å². The first kappa shape index (κ1) is 6.10. The van der Waals surface area contributed by atoms with Gasteiger partial charge in [0.25, 0.3) is 5.91 Å². The molecule has 0 aromatic rings. The molecule has 4 nitrogen and oxygen atoms in total. The molecule has 0 spiro atoms. The molecule has 4 heteroatoms. The summed E-state index contributed by atoms with van der Waals surface area (Å²) < 4.78 is 0. The molecule has 0 aliphatic carbocycles. The van der Waals surface area contributed by atoms with Gasteiger partial charge in [0.05, 0.1) is 5.70 Å². The van der Waals surface area contributed by atoms with E-state index in [1.54, 1.807) is 13.0 Å². The average molecular weight is 128 g/mol. The monoisotopic (exact) mass is 128 g/mol. The van der Waals surface area contributed by atoms with Crippen molar-refractivity contribution in [3.05, 3.63) is 11.8 Å². The van der Waals surface area contributed by atoms with E-state index >= 15 is 0 Å². The largest absolute Gasteiger partial charge is 0.356 e. The molecule has 1 fully saturated rings. The van der Waals surface area contributed by atoms with E-state index in [4.69, 9.17) is 5.11 Å². The number of hydrogen-bond acceptors (Lipinski definition) is 3. The molecule has 50 valence electrons. The quantitative estimate of drug-likeness (QED) is 0.362. The Balaban J connectivity index is 2.70. The highest BCUT2D eigenvalue weighted by Gasteiger charge is 2.21. The van der Waals surface area contributed by atoms with Gasteiger partial charge in [-0.3, -0.25) is 4.79 Å². The molecule has 1 heterocycles. The molecule has 1 atom stereocenters. The maximum absolute atomic E-state index is 10.6. The second kappa shape index (κ2) is 2.06. The molecule has 9 heavy (non-hydrogen) atoms. The maximum atomic E-state index is 10.6. The Morgan fingerprint density at radius 3 is 2.56 bits per heavy atom. The average Bonchev–Trinajstić information content (AvgIpc) is 2.10. The third-order valence-corrected chi connectivity index (χ3v) is 1.09. The molecular formula is C5H8N2O2. The molecule has 0 aromatic heterocycles. The summed E-state index contributed by atoms with van der Waals surface area (Å²) in [6.07, 6.45) is 0.689. The second-order valence-corrected chi connectivity index (χ2v) is 1.72. The van der Waals surface area contributed by atoms with Crippen LogP contribution in [-0.4, -0.2) is 17.4 Å². The molecule has 0 aromatic carbocycles. The number of aliphatic hydroxyl groups is 1. The number of carbonyl (C=O) groups excluding carboxylic acids is 1. The van der Waals surface area contributed by atoms with Crippen LogP contribution in [-0.2, 0) is 4.79 Å². The number of amides is 1. The molecule has 3 N–H and O–H groups in total. The molecule has 0 radical (unpaired) electrons. The van der Waals surface area contributed by atoms with Crippen molar-refractivity contribution in [2.45, 2.75) is 13.3 Å². The smallest absolute Gasteiger partial charge is 0.270 e. The number of carbonyl (C=O) groups is 1. The van der Waals surface area contributed by atoms with Gasteiger partial charge < -0.3 is 15.7 Å². The molecule has 1 saturated heterocycles. The summed E-state index contributed by atoms with van der Waals surface area (Å²) in [7, 11) is 0. The van der Waals surface area contributed by atoms with Crippen LogP contribution in [0.5, 0.6) is 0 Å². The number of aliphatic hydroxyl groups excluding tert-OH is 1. The van der Waals surface area contributed by atoms with Crippen molar-refractivity contribution in [2.24, 2.45) is 0 Å². The normalized spacial score (nSPS) is 30.2. The van der Waals surface area contributed by atoms with Gasteiger partial charge >= 0.3 is 0 Å². The minimum atomic E-state index is -0.913. The lowest BCUT2D eigenvalue weighted by Crippen LogP contribution is -2.30. The van der Waals surface area contributed by atoms with Gasteiger partial charge in [0, 0.05) is 0 Å². The summed E-state index contributed by atoms with van der Waals surface area (Å²) in [5.74, 6) is -0.259. The summed E-state index contributed by atoms with van der Waals surface area (Å²) in [6, 6.07) is 0. The predicted octanol–water partition coefficient (Wildman–Crippen LogP) is -1.11. The number of rotatable bonds is 0. The molecule has 1 aliphatic rings. The van der Waals surface area contributed by atoms with Crippen LogP contribution in [0.15, 0.2) is 11.8 Å². The van der Waals surface area contributed by atoms with Crippen molar-refractivity contribution in [1.29, 1.82) is 0 Å². The van der Waals surface area contributed by atoms with Crippen molar-refractivity contribution in [3.8, 4) is 0 Å². The summed E-state index contributed by atoms with van der Waals surface area (Å²) in [4.78, 5) is 10.6. The van der Waals surface area contributed by atoms with Gasteiger partial charge in [-0.1, -0.05) is 6.08 Å². The molecule has 1 unspecified atom stereocenters. The Hall–Kier alpha value is -1.03. The Bertz CT molecular complexity index is 164. The topological polar surface area (TPSA) is 61.4 Å². The van der Waals surface area contributed by atoms with Gasteiger partial charge in [-0.25, -0.2) is 0 Å². The molecular weight excluding hydrogens is 120 g/mol. The fraction of sp³-hybridized carbons (Fsp3) is 0.400. The highest BCUT2D eigenvalue weighted by molar-refractivity contribution is 5.94. The number of nitrogens with one attached hydrogen (secondary N) is 2. The zero-order chi connectivity index (χ0) is 6.85. The minimum absolute atomic E-state index is 0.259. The first-order valence-corrected chi connectivity index (χ1v) is 2.66. The van der Waals surface area contributed by atoms with E-state index < -0.39 is 6.35 Å². The standard InChI is InChI=1S/C5H8N2O2/c1-2-3-4(8)7-5(9)6-3/h2,5-6,9H,1H3,(H,7,8)/b3-2-. The maximum Gasteiger partial charge on any atom is 0.270 e. The van der Waals surface area contributed by atoms with E-state index in [2.05, 4.69) is 10.6 Å². The SMILES string of the molecule is C/C=C1\NC(O)NC1=O. The number of allylic oxidation sites excluding steroid dienone is 1. The molecule has 1 rings (SSSR count). The van der Waals surface area contributed by atoms with E-state index in [1.165, 1.54) is 0 Å². The van der Waals surface area contributed by atoms with Crippen LogP contribution in [0, 0.1) is 0 Å². The van der Waals surface area contributed by atoms with Gasteiger partial charge in [-0.2, -0.15) is 0 Å².